The van der Waals surface area contributed by atoms with Crippen molar-refractivity contribution in [3.05, 3.63) is 64.4 Å². The molecular weight excluding hydrogens is 362 g/mol. The van der Waals surface area contributed by atoms with E-state index in [0.717, 1.165) is 0 Å². The molecule has 0 bridgehead atoms. The Balaban J connectivity index is 1.93. The summed E-state index contributed by atoms with van der Waals surface area (Å²) in [6.45, 7) is 0. The number of carboxylic acids is 1. The second-order valence-electron chi connectivity index (χ2n) is 4.69. The van der Waals surface area contributed by atoms with Crippen LogP contribution in [0.15, 0.2) is 53.1 Å². The number of hydrogen-bond donors (Lipinski definition) is 2. The number of rotatable bonds is 3. The largest absolute Gasteiger partial charge is 0.478 e. The third kappa shape index (κ3) is 3.19. The summed E-state index contributed by atoms with van der Waals surface area (Å²) in [5, 5.41) is 11.8. The van der Waals surface area contributed by atoms with E-state index in [1.54, 1.807) is 24.3 Å². The van der Waals surface area contributed by atoms with E-state index in [1.165, 1.54) is 18.3 Å². The van der Waals surface area contributed by atoms with Crippen molar-refractivity contribution in [1.82, 2.24) is 9.97 Å². The smallest absolute Gasteiger partial charge is 0.337 e. The predicted octanol–water partition coefficient (Wildman–Crippen LogP) is 3.34. The predicted molar refractivity (Wildman–Crippen MR) is 88.6 cm³/mol. The molecule has 0 saturated carbocycles. The molecule has 2 aromatic carbocycles. The maximum Gasteiger partial charge on any atom is 0.337 e. The van der Waals surface area contributed by atoms with Crippen molar-refractivity contribution in [2.45, 2.75) is 0 Å². The number of amides is 1. The highest BCUT2D eigenvalue weighted by atomic mass is 79.9. The van der Waals surface area contributed by atoms with Gasteiger partial charge in [-0.3, -0.25) is 9.78 Å². The maximum atomic E-state index is 12.3. The Morgan fingerprint density at radius 3 is 2.57 bits per heavy atom. The van der Waals surface area contributed by atoms with Gasteiger partial charge in [-0.15, -0.1) is 0 Å². The van der Waals surface area contributed by atoms with Crippen molar-refractivity contribution in [3.8, 4) is 0 Å². The molecule has 3 aromatic rings. The molecule has 0 saturated heterocycles. The second-order valence-corrected chi connectivity index (χ2v) is 5.61. The average Bonchev–Trinajstić information content (AvgIpc) is 2.55. The first kappa shape index (κ1) is 15.1. The summed E-state index contributed by atoms with van der Waals surface area (Å²) in [7, 11) is 0. The van der Waals surface area contributed by atoms with Gasteiger partial charge in [0.05, 0.1) is 28.5 Å². The standard InChI is InChI=1S/C16H10BrN3O3/c17-9-5-6-11(10(7-9)16(22)23)20-15(21)14-8-18-12-3-1-2-4-13(12)19-14/h1-8H,(H,20,21)(H,22,23). The van der Waals surface area contributed by atoms with Gasteiger partial charge in [0, 0.05) is 4.47 Å². The number of carbonyl (C=O) groups is 2. The molecule has 0 radical (unpaired) electrons. The number of benzene rings is 2. The van der Waals surface area contributed by atoms with E-state index >= 15 is 0 Å². The number of para-hydroxylation sites is 2. The van der Waals surface area contributed by atoms with Gasteiger partial charge in [0.1, 0.15) is 5.69 Å². The van der Waals surface area contributed by atoms with E-state index < -0.39 is 11.9 Å². The van der Waals surface area contributed by atoms with E-state index in [9.17, 15) is 14.7 Å². The lowest BCUT2D eigenvalue weighted by Crippen LogP contribution is -2.16. The first-order chi connectivity index (χ1) is 11.0. The molecule has 1 heterocycles. The first-order valence-electron chi connectivity index (χ1n) is 6.60. The van der Waals surface area contributed by atoms with Gasteiger partial charge in [-0.2, -0.15) is 0 Å². The molecule has 0 unspecified atom stereocenters. The quantitative estimate of drug-likeness (QED) is 0.736. The SMILES string of the molecule is O=C(Nc1ccc(Br)cc1C(=O)O)c1cnc2ccccc2n1. The highest BCUT2D eigenvalue weighted by Crippen LogP contribution is 2.21. The molecule has 0 spiro atoms. The highest BCUT2D eigenvalue weighted by Gasteiger charge is 2.15. The van der Waals surface area contributed by atoms with Crippen LogP contribution in [0.2, 0.25) is 0 Å². The van der Waals surface area contributed by atoms with E-state index in [1.807, 2.05) is 6.07 Å². The summed E-state index contributed by atoms with van der Waals surface area (Å²) < 4.78 is 0.610. The molecule has 3 rings (SSSR count). The molecule has 6 nitrogen and oxygen atoms in total. The van der Waals surface area contributed by atoms with Crippen molar-refractivity contribution in [3.63, 3.8) is 0 Å². The van der Waals surface area contributed by atoms with Gasteiger partial charge in [-0.1, -0.05) is 28.1 Å². The topological polar surface area (TPSA) is 92.2 Å². The van der Waals surface area contributed by atoms with Crippen LogP contribution >= 0.6 is 15.9 Å². The Kier molecular flexibility index (Phi) is 4.03. The number of halogens is 1. The van der Waals surface area contributed by atoms with Crippen molar-refractivity contribution in [2.24, 2.45) is 0 Å². The van der Waals surface area contributed by atoms with Crippen LogP contribution in [0.5, 0.6) is 0 Å². The molecule has 1 aromatic heterocycles. The minimum Gasteiger partial charge on any atom is -0.478 e. The van der Waals surface area contributed by atoms with Crippen molar-refractivity contribution in [1.29, 1.82) is 0 Å². The van der Waals surface area contributed by atoms with Gasteiger partial charge in [0.15, 0.2) is 0 Å². The molecule has 0 atom stereocenters. The van der Waals surface area contributed by atoms with Crippen molar-refractivity contribution >= 4 is 44.5 Å². The zero-order valence-electron chi connectivity index (χ0n) is 11.7. The summed E-state index contributed by atoms with van der Waals surface area (Å²) in [5.41, 5.74) is 1.57. The lowest BCUT2D eigenvalue weighted by atomic mass is 10.1. The Morgan fingerprint density at radius 2 is 1.83 bits per heavy atom. The highest BCUT2D eigenvalue weighted by molar-refractivity contribution is 9.10. The zero-order chi connectivity index (χ0) is 16.4. The summed E-state index contributed by atoms with van der Waals surface area (Å²) in [6.07, 6.45) is 1.36. The summed E-state index contributed by atoms with van der Waals surface area (Å²) in [6, 6.07) is 11.8. The molecule has 0 aliphatic rings. The molecule has 0 aliphatic carbocycles. The summed E-state index contributed by atoms with van der Waals surface area (Å²) >= 11 is 3.20. The number of carboxylic acid groups (broad SMARTS) is 1. The number of hydrogen-bond acceptors (Lipinski definition) is 4. The van der Waals surface area contributed by atoms with Gasteiger partial charge in [-0.05, 0) is 30.3 Å². The Labute approximate surface area is 139 Å². The monoisotopic (exact) mass is 371 g/mol. The van der Waals surface area contributed by atoms with Crippen LogP contribution in [0.25, 0.3) is 11.0 Å². The molecule has 1 amide bonds. The number of nitrogens with one attached hydrogen (secondary N) is 1. The summed E-state index contributed by atoms with van der Waals surface area (Å²) in [5.74, 6) is -1.65. The van der Waals surface area contributed by atoms with Gasteiger partial charge >= 0.3 is 5.97 Å². The zero-order valence-corrected chi connectivity index (χ0v) is 13.2. The minimum atomic E-state index is -1.13. The lowest BCUT2D eigenvalue weighted by molar-refractivity contribution is 0.0698. The number of aromatic carboxylic acids is 1. The van der Waals surface area contributed by atoms with Crippen molar-refractivity contribution in [2.75, 3.05) is 5.32 Å². The minimum absolute atomic E-state index is 0.0125. The van der Waals surface area contributed by atoms with Crippen LogP contribution < -0.4 is 5.32 Å². The number of anilines is 1. The van der Waals surface area contributed by atoms with Gasteiger partial charge in [0.25, 0.3) is 5.91 Å². The number of fused-ring (bicyclic) bond motifs is 1. The number of aromatic nitrogens is 2. The third-order valence-electron chi connectivity index (χ3n) is 3.14. The number of nitrogens with zero attached hydrogens (tertiary/aromatic N) is 2. The maximum absolute atomic E-state index is 12.3. The fraction of sp³-hybridized carbons (Fsp3) is 0. The molecule has 7 heteroatoms. The molecule has 23 heavy (non-hydrogen) atoms. The van der Waals surface area contributed by atoms with Gasteiger partial charge < -0.3 is 10.4 Å². The molecular formula is C16H10BrN3O3. The van der Waals surface area contributed by atoms with E-state index in [0.29, 0.717) is 15.5 Å². The molecule has 0 fully saturated rings. The van der Waals surface area contributed by atoms with Crippen LogP contribution in [0.4, 0.5) is 5.69 Å². The summed E-state index contributed by atoms with van der Waals surface area (Å²) in [4.78, 5) is 32.0. The lowest BCUT2D eigenvalue weighted by Gasteiger charge is -2.09. The van der Waals surface area contributed by atoms with E-state index in [4.69, 9.17) is 0 Å². The first-order valence-corrected chi connectivity index (χ1v) is 7.40. The third-order valence-corrected chi connectivity index (χ3v) is 3.63. The fourth-order valence-corrected chi connectivity index (χ4v) is 2.42. The number of carbonyl (C=O) groups excluding carboxylic acids is 1. The van der Waals surface area contributed by atoms with Crippen LogP contribution in [-0.4, -0.2) is 27.0 Å². The van der Waals surface area contributed by atoms with Crippen LogP contribution in [0.3, 0.4) is 0 Å². The van der Waals surface area contributed by atoms with E-state index in [-0.39, 0.29) is 16.9 Å². The van der Waals surface area contributed by atoms with Crippen molar-refractivity contribution < 1.29 is 14.7 Å². The fourth-order valence-electron chi connectivity index (χ4n) is 2.06. The van der Waals surface area contributed by atoms with Crippen LogP contribution in [0, 0.1) is 0 Å². The Bertz CT molecular complexity index is 927. The van der Waals surface area contributed by atoms with Gasteiger partial charge in [-0.25, -0.2) is 9.78 Å². The Morgan fingerprint density at radius 1 is 1.09 bits per heavy atom. The van der Waals surface area contributed by atoms with Gasteiger partial charge in [0.2, 0.25) is 0 Å². The normalized spacial score (nSPS) is 10.5. The molecule has 2 N–H and O–H groups in total. The second kappa shape index (κ2) is 6.13. The van der Waals surface area contributed by atoms with Crippen LogP contribution in [-0.2, 0) is 0 Å². The Hall–Kier alpha value is -2.80. The average molecular weight is 372 g/mol. The van der Waals surface area contributed by atoms with E-state index in [2.05, 4.69) is 31.2 Å². The van der Waals surface area contributed by atoms with Crippen LogP contribution in [0.1, 0.15) is 20.8 Å². The molecule has 114 valence electrons. The molecule has 0 aliphatic heterocycles.